The molecule has 23 heavy (non-hydrogen) atoms. The lowest BCUT2D eigenvalue weighted by Crippen LogP contribution is -2.51. The van der Waals surface area contributed by atoms with Gasteiger partial charge in [0.2, 0.25) is 0 Å². The number of hydrogen-bond donors (Lipinski definition) is 2. The fourth-order valence-electron chi connectivity index (χ4n) is 2.72. The van der Waals surface area contributed by atoms with Crippen LogP contribution in [0.3, 0.4) is 0 Å². The van der Waals surface area contributed by atoms with Crippen molar-refractivity contribution in [3.05, 3.63) is 24.1 Å². The number of benzene rings is 1. The van der Waals surface area contributed by atoms with Gasteiger partial charge >= 0.3 is 0 Å². The molecule has 1 aliphatic heterocycles. The van der Waals surface area contributed by atoms with Gasteiger partial charge in [-0.15, -0.1) is 24.8 Å². The van der Waals surface area contributed by atoms with Gasteiger partial charge in [-0.2, -0.15) is 0 Å². The Bertz CT molecular complexity index is 669. The number of piperidine rings is 1. The molecular weight excluding hydrogens is 341 g/mol. The molecule has 1 saturated heterocycles. The van der Waals surface area contributed by atoms with Gasteiger partial charge in [-0.3, -0.25) is 4.79 Å². The van der Waals surface area contributed by atoms with Crippen LogP contribution in [0.2, 0.25) is 0 Å². The molecular formula is C15H21Cl2N3O3. The van der Waals surface area contributed by atoms with Crippen LogP contribution in [-0.2, 0) is 9.53 Å². The average Bonchev–Trinajstić information content (AvgIpc) is 2.87. The molecule has 0 bridgehead atoms. The normalized spacial score (nSPS) is 16.3. The summed E-state index contributed by atoms with van der Waals surface area (Å²) in [5.41, 5.74) is 1.41. The molecule has 0 radical (unpaired) electrons. The Kier molecular flexibility index (Phi) is 6.83. The molecule has 0 unspecified atom stereocenters. The molecule has 8 heteroatoms. The molecule has 128 valence electrons. The second kappa shape index (κ2) is 7.97. The van der Waals surface area contributed by atoms with E-state index >= 15 is 0 Å². The van der Waals surface area contributed by atoms with E-state index in [9.17, 15) is 4.79 Å². The standard InChI is InChI=1S/C15H19N3O3.2ClH/c1-10-17-12-9-11(3-4-13(12)21-10)18-14(19)15(20-2)5-7-16-8-6-15;;/h3-4,9,16H,5-8H2,1-2H3,(H,18,19);2*1H. The first kappa shape index (κ1) is 19.7. The van der Waals surface area contributed by atoms with E-state index in [2.05, 4.69) is 15.6 Å². The highest BCUT2D eigenvalue weighted by atomic mass is 35.5. The predicted octanol–water partition coefficient (Wildman–Crippen LogP) is 2.69. The van der Waals surface area contributed by atoms with Crippen molar-refractivity contribution in [3.63, 3.8) is 0 Å². The lowest BCUT2D eigenvalue weighted by atomic mass is 9.91. The van der Waals surface area contributed by atoms with Crippen LogP contribution in [0, 0.1) is 6.92 Å². The van der Waals surface area contributed by atoms with E-state index in [1.54, 1.807) is 14.0 Å². The van der Waals surface area contributed by atoms with Crippen LogP contribution >= 0.6 is 24.8 Å². The quantitative estimate of drug-likeness (QED) is 0.878. The summed E-state index contributed by atoms with van der Waals surface area (Å²) >= 11 is 0. The maximum absolute atomic E-state index is 12.6. The van der Waals surface area contributed by atoms with Crippen LogP contribution in [-0.4, -0.2) is 36.7 Å². The van der Waals surface area contributed by atoms with Crippen LogP contribution in [0.15, 0.2) is 22.6 Å². The first-order valence-corrected chi connectivity index (χ1v) is 7.07. The lowest BCUT2D eigenvalue weighted by molar-refractivity contribution is -0.140. The van der Waals surface area contributed by atoms with E-state index in [-0.39, 0.29) is 30.7 Å². The number of oxazole rings is 1. The minimum absolute atomic E-state index is 0. The van der Waals surface area contributed by atoms with Crippen LogP contribution in [0.1, 0.15) is 18.7 Å². The minimum Gasteiger partial charge on any atom is -0.441 e. The van der Waals surface area contributed by atoms with Gasteiger partial charge in [0.15, 0.2) is 11.5 Å². The number of anilines is 1. The van der Waals surface area contributed by atoms with E-state index in [1.807, 2.05) is 18.2 Å². The highest BCUT2D eigenvalue weighted by Gasteiger charge is 2.39. The molecule has 0 aliphatic carbocycles. The van der Waals surface area contributed by atoms with Crippen molar-refractivity contribution in [3.8, 4) is 0 Å². The summed E-state index contributed by atoms with van der Waals surface area (Å²) in [6, 6.07) is 5.44. The Morgan fingerprint density at radius 2 is 2.04 bits per heavy atom. The Morgan fingerprint density at radius 3 is 2.70 bits per heavy atom. The molecule has 0 spiro atoms. The Labute approximate surface area is 147 Å². The van der Waals surface area contributed by atoms with Crippen molar-refractivity contribution in [2.24, 2.45) is 0 Å². The Morgan fingerprint density at radius 1 is 1.35 bits per heavy atom. The number of ether oxygens (including phenoxy) is 1. The fraction of sp³-hybridized carbons (Fsp3) is 0.467. The summed E-state index contributed by atoms with van der Waals surface area (Å²) in [7, 11) is 1.59. The number of aryl methyl sites for hydroxylation is 1. The van der Waals surface area contributed by atoms with Gasteiger partial charge in [-0.1, -0.05) is 0 Å². The van der Waals surface area contributed by atoms with Gasteiger partial charge in [0.25, 0.3) is 5.91 Å². The third-order valence-electron chi connectivity index (χ3n) is 3.97. The topological polar surface area (TPSA) is 76.4 Å². The van der Waals surface area contributed by atoms with Gasteiger partial charge < -0.3 is 19.8 Å². The predicted molar refractivity (Wildman–Crippen MR) is 93.7 cm³/mol. The molecule has 1 fully saturated rings. The van der Waals surface area contributed by atoms with Crippen LogP contribution in [0.5, 0.6) is 0 Å². The molecule has 1 aromatic heterocycles. The molecule has 2 N–H and O–H groups in total. The molecule has 1 amide bonds. The maximum Gasteiger partial charge on any atom is 0.256 e. The van der Waals surface area contributed by atoms with E-state index in [0.29, 0.717) is 30.0 Å². The first-order valence-electron chi connectivity index (χ1n) is 7.07. The zero-order valence-electron chi connectivity index (χ0n) is 13.0. The number of aromatic nitrogens is 1. The zero-order valence-corrected chi connectivity index (χ0v) is 14.7. The lowest BCUT2D eigenvalue weighted by Gasteiger charge is -2.34. The Hall–Kier alpha value is -1.34. The SMILES string of the molecule is COC1(C(=O)Nc2ccc3oc(C)nc3c2)CCNCC1.Cl.Cl. The summed E-state index contributed by atoms with van der Waals surface area (Å²) in [4.78, 5) is 16.8. The van der Waals surface area contributed by atoms with Gasteiger partial charge in [0.05, 0.1) is 0 Å². The molecule has 2 heterocycles. The van der Waals surface area contributed by atoms with Crippen molar-refractivity contribution >= 4 is 47.5 Å². The summed E-state index contributed by atoms with van der Waals surface area (Å²) in [5, 5.41) is 6.17. The molecule has 2 aromatic rings. The third kappa shape index (κ3) is 3.95. The summed E-state index contributed by atoms with van der Waals surface area (Å²) < 4.78 is 10.9. The van der Waals surface area contributed by atoms with Crippen molar-refractivity contribution in [2.45, 2.75) is 25.4 Å². The molecule has 0 saturated carbocycles. The monoisotopic (exact) mass is 361 g/mol. The van der Waals surface area contributed by atoms with Crippen molar-refractivity contribution in [1.82, 2.24) is 10.3 Å². The highest BCUT2D eigenvalue weighted by molar-refractivity contribution is 5.98. The van der Waals surface area contributed by atoms with E-state index < -0.39 is 5.60 Å². The number of fused-ring (bicyclic) bond motifs is 1. The number of hydrogen-bond acceptors (Lipinski definition) is 5. The number of amides is 1. The largest absolute Gasteiger partial charge is 0.441 e. The number of nitrogens with zero attached hydrogens (tertiary/aromatic N) is 1. The number of rotatable bonds is 3. The van der Waals surface area contributed by atoms with E-state index in [0.717, 1.165) is 18.6 Å². The highest BCUT2D eigenvalue weighted by Crippen LogP contribution is 2.26. The molecule has 3 rings (SSSR count). The summed E-state index contributed by atoms with van der Waals surface area (Å²) in [6.45, 7) is 3.36. The second-order valence-corrected chi connectivity index (χ2v) is 5.32. The van der Waals surface area contributed by atoms with Gasteiger partial charge in [-0.25, -0.2) is 4.98 Å². The number of halogens is 2. The van der Waals surface area contributed by atoms with Gasteiger partial charge in [-0.05, 0) is 44.1 Å². The number of carbonyl (C=O) groups is 1. The van der Waals surface area contributed by atoms with Crippen LogP contribution in [0.25, 0.3) is 11.1 Å². The van der Waals surface area contributed by atoms with Crippen molar-refractivity contribution in [1.29, 1.82) is 0 Å². The molecule has 6 nitrogen and oxygen atoms in total. The second-order valence-electron chi connectivity index (χ2n) is 5.32. The number of carbonyl (C=O) groups excluding carboxylic acids is 1. The van der Waals surface area contributed by atoms with Crippen molar-refractivity contribution < 1.29 is 13.9 Å². The van der Waals surface area contributed by atoms with Crippen LogP contribution in [0.4, 0.5) is 5.69 Å². The van der Waals surface area contributed by atoms with Crippen LogP contribution < -0.4 is 10.6 Å². The average molecular weight is 362 g/mol. The van der Waals surface area contributed by atoms with E-state index in [1.165, 1.54) is 0 Å². The Balaban J connectivity index is 0.00000132. The van der Waals surface area contributed by atoms with Gasteiger partial charge in [0.1, 0.15) is 11.1 Å². The number of methoxy groups -OCH3 is 1. The van der Waals surface area contributed by atoms with Gasteiger partial charge in [0, 0.05) is 19.7 Å². The summed E-state index contributed by atoms with van der Waals surface area (Å²) in [5.74, 6) is 0.506. The van der Waals surface area contributed by atoms with Crippen molar-refractivity contribution in [2.75, 3.05) is 25.5 Å². The summed E-state index contributed by atoms with van der Waals surface area (Å²) in [6.07, 6.45) is 1.33. The first-order chi connectivity index (χ1) is 10.1. The maximum atomic E-state index is 12.6. The zero-order chi connectivity index (χ0) is 14.9. The molecule has 1 aliphatic rings. The minimum atomic E-state index is -0.750. The van der Waals surface area contributed by atoms with E-state index in [4.69, 9.17) is 9.15 Å². The molecule has 1 aromatic carbocycles. The third-order valence-corrected chi connectivity index (χ3v) is 3.97. The number of nitrogens with one attached hydrogen (secondary N) is 2. The fourth-order valence-corrected chi connectivity index (χ4v) is 2.72. The molecule has 0 atom stereocenters. The smallest absolute Gasteiger partial charge is 0.256 e.